The Labute approximate surface area is 137 Å². The molecule has 2 aliphatic heterocycles. The molecule has 22 heavy (non-hydrogen) atoms. The van der Waals surface area contributed by atoms with Gasteiger partial charge in [-0.05, 0) is 39.3 Å². The summed E-state index contributed by atoms with van der Waals surface area (Å²) in [7, 11) is 0. The van der Waals surface area contributed by atoms with Crippen LogP contribution in [0.15, 0.2) is 30.6 Å². The van der Waals surface area contributed by atoms with Crippen molar-refractivity contribution in [3.63, 3.8) is 0 Å². The zero-order chi connectivity index (χ0) is 18.9. The van der Waals surface area contributed by atoms with Crippen molar-refractivity contribution in [1.82, 2.24) is 14.5 Å². The molecule has 4 heteroatoms. The number of aryl methyl sites for hydroxylation is 1. The summed E-state index contributed by atoms with van der Waals surface area (Å²) in [4.78, 5) is 8.42. The largest absolute Gasteiger partial charge is 0.353 e. The minimum absolute atomic E-state index is 0.297. The van der Waals surface area contributed by atoms with Gasteiger partial charge in [0.05, 0.1) is 12.6 Å². The van der Waals surface area contributed by atoms with Gasteiger partial charge in [0, 0.05) is 35.2 Å². The van der Waals surface area contributed by atoms with E-state index in [-0.39, 0.29) is 6.17 Å². The van der Waals surface area contributed by atoms with Crippen molar-refractivity contribution in [3.05, 3.63) is 42.0 Å². The quantitative estimate of drug-likeness (QED) is 0.844. The molecule has 0 spiro atoms. The first-order valence-corrected chi connectivity index (χ1v) is 7.55. The lowest BCUT2D eigenvalue weighted by molar-refractivity contribution is 0.263. The van der Waals surface area contributed by atoms with Gasteiger partial charge in [0.15, 0.2) is 0 Å². The maximum absolute atomic E-state index is 8.41. The van der Waals surface area contributed by atoms with Crippen LogP contribution >= 0.6 is 0 Å². The lowest BCUT2D eigenvalue weighted by Gasteiger charge is -2.33. The summed E-state index contributed by atoms with van der Waals surface area (Å²) >= 11 is 0. The summed E-state index contributed by atoms with van der Waals surface area (Å²) in [5.41, 5.74) is 3.98. The van der Waals surface area contributed by atoms with E-state index >= 15 is 0 Å². The van der Waals surface area contributed by atoms with Gasteiger partial charge in [-0.2, -0.15) is 0 Å². The Kier molecular flexibility index (Phi) is 2.05. The zero-order valence-electron chi connectivity index (χ0n) is 17.0. The fourth-order valence-corrected chi connectivity index (χ4v) is 3.38. The number of fused-ring (bicyclic) bond motifs is 3. The number of hydrogen-bond donors (Lipinski definition) is 0. The Balaban J connectivity index is 1.79. The predicted molar refractivity (Wildman–Crippen MR) is 91.6 cm³/mol. The minimum atomic E-state index is -2.41. The van der Waals surface area contributed by atoms with Gasteiger partial charge < -0.3 is 14.4 Å². The summed E-state index contributed by atoms with van der Waals surface area (Å²) in [6.45, 7) is 2.97. The molecule has 2 aromatic rings. The number of anilines is 1. The first-order valence-electron chi connectivity index (χ1n) is 9.55. The Hall–Kier alpha value is -2.23. The van der Waals surface area contributed by atoms with Crippen molar-refractivity contribution in [2.75, 3.05) is 4.90 Å². The van der Waals surface area contributed by atoms with Crippen LogP contribution < -0.4 is 4.90 Å². The molecule has 0 aliphatic carbocycles. The van der Waals surface area contributed by atoms with Crippen LogP contribution in [0, 0.1) is 6.92 Å². The van der Waals surface area contributed by atoms with E-state index in [0.29, 0.717) is 0 Å². The Morgan fingerprint density at radius 1 is 1.36 bits per heavy atom. The van der Waals surface area contributed by atoms with E-state index in [0.717, 1.165) is 34.5 Å². The lowest BCUT2D eigenvalue weighted by atomic mass is 10.1. The van der Waals surface area contributed by atoms with E-state index in [2.05, 4.69) is 22.8 Å². The van der Waals surface area contributed by atoms with Crippen LogP contribution in [0.2, 0.25) is 0 Å². The topological polar surface area (TPSA) is 24.3 Å². The molecule has 0 bridgehead atoms. The van der Waals surface area contributed by atoms with Crippen molar-refractivity contribution in [2.24, 2.45) is 0 Å². The monoisotopic (exact) mass is 298 g/mol. The summed E-state index contributed by atoms with van der Waals surface area (Å²) in [5, 5.41) is 0. The number of imidazole rings is 1. The van der Waals surface area contributed by atoms with Gasteiger partial charge in [-0.25, -0.2) is 4.98 Å². The minimum Gasteiger partial charge on any atom is -0.353 e. The molecule has 0 fully saturated rings. The maximum atomic E-state index is 8.41. The maximum Gasteiger partial charge on any atom is 0.117 e. The van der Waals surface area contributed by atoms with Crippen LogP contribution in [0.25, 0.3) is 17.2 Å². The van der Waals surface area contributed by atoms with E-state index in [1.54, 1.807) is 11.1 Å². The van der Waals surface area contributed by atoms with Crippen molar-refractivity contribution in [1.29, 1.82) is 0 Å². The van der Waals surface area contributed by atoms with Crippen molar-refractivity contribution >= 4 is 22.9 Å². The summed E-state index contributed by atoms with van der Waals surface area (Å²) in [5.74, 6) is 1.01. The molecule has 0 N–H and O–H groups in total. The van der Waals surface area contributed by atoms with E-state index in [1.807, 2.05) is 31.1 Å². The van der Waals surface area contributed by atoms with Gasteiger partial charge in [0.25, 0.3) is 0 Å². The second-order valence-corrected chi connectivity index (χ2v) is 5.92. The van der Waals surface area contributed by atoms with Crippen molar-refractivity contribution < 1.29 is 5.48 Å². The molecular weight excluding hydrogens is 272 g/mol. The van der Waals surface area contributed by atoms with E-state index < -0.39 is 12.9 Å². The molecule has 1 unspecified atom stereocenters. The smallest absolute Gasteiger partial charge is 0.117 e. The average molecular weight is 298 g/mol. The van der Waals surface area contributed by atoms with Crippen molar-refractivity contribution in [3.8, 4) is 0 Å². The molecule has 114 valence electrons. The molecule has 0 saturated carbocycles. The molecule has 0 saturated heterocycles. The van der Waals surface area contributed by atoms with Crippen LogP contribution in [0.5, 0.6) is 0 Å². The number of allylic oxidation sites excluding steroid dienone is 1. The fourth-order valence-electron chi connectivity index (χ4n) is 3.38. The predicted octanol–water partition coefficient (Wildman–Crippen LogP) is 3.72. The molecule has 3 heterocycles. The van der Waals surface area contributed by atoms with Gasteiger partial charge in [-0.15, -0.1) is 0 Å². The summed E-state index contributed by atoms with van der Waals surface area (Å²) in [6, 6.07) is 2.42. The van der Waals surface area contributed by atoms with E-state index in [9.17, 15) is 0 Å². The molecule has 0 radical (unpaired) electrons. The average Bonchev–Trinajstić information content (AvgIpc) is 3.21. The summed E-state index contributed by atoms with van der Waals surface area (Å²) < 4.78 is 33.7. The molecular formula is C18H22N4. The Morgan fingerprint density at radius 2 is 2.23 bits per heavy atom. The standard InChI is InChI=1S/C18H22N4/c1-12(2)20-10-11-21(14(20)4)18-13(3)7-8-15-17(18)19-16-6-5-9-22(15)16/h5,7-12,14H,6H2,1-4H3/t14-/m0/s1/i1D3,12D/t12?,14-. The molecule has 1 aromatic carbocycles. The molecule has 2 atom stereocenters. The van der Waals surface area contributed by atoms with Gasteiger partial charge in [0.2, 0.25) is 0 Å². The molecule has 4 rings (SSSR count). The Bertz CT molecular complexity index is 939. The van der Waals surface area contributed by atoms with Crippen molar-refractivity contribution in [2.45, 2.75) is 46.2 Å². The zero-order valence-corrected chi connectivity index (χ0v) is 13.0. The first kappa shape index (κ1) is 9.72. The molecule has 2 aliphatic rings. The van der Waals surface area contributed by atoms with E-state index in [4.69, 9.17) is 10.5 Å². The first-order chi connectivity index (χ1) is 12.1. The van der Waals surface area contributed by atoms with Crippen LogP contribution in [0.1, 0.15) is 37.6 Å². The van der Waals surface area contributed by atoms with Crippen LogP contribution in [0.4, 0.5) is 5.69 Å². The number of aromatic nitrogens is 2. The van der Waals surface area contributed by atoms with Gasteiger partial charge in [-0.3, -0.25) is 0 Å². The highest BCUT2D eigenvalue weighted by atomic mass is 15.4. The van der Waals surface area contributed by atoms with Gasteiger partial charge >= 0.3 is 0 Å². The normalized spacial score (nSPS) is 25.9. The molecule has 1 aromatic heterocycles. The molecule has 0 amide bonds. The third-order valence-electron chi connectivity index (χ3n) is 4.50. The highest BCUT2D eigenvalue weighted by molar-refractivity contribution is 5.93. The van der Waals surface area contributed by atoms with Crippen LogP contribution in [-0.4, -0.2) is 26.6 Å². The SMILES string of the molecule is [2H]C([2H])([2H])C([2H])(C)N1C=CN(c2c(C)ccc3c2nc2n3C=CC2)[C@H]1C. The Morgan fingerprint density at radius 3 is 3.05 bits per heavy atom. The number of nitrogens with zero attached hydrogens (tertiary/aromatic N) is 4. The number of benzene rings is 1. The lowest BCUT2D eigenvalue weighted by Crippen LogP contribution is -2.39. The number of rotatable bonds is 2. The second-order valence-electron chi connectivity index (χ2n) is 5.92. The van der Waals surface area contributed by atoms with Crippen LogP contribution in [-0.2, 0) is 6.42 Å². The fraction of sp³-hybridized carbons (Fsp3) is 0.389. The van der Waals surface area contributed by atoms with Crippen LogP contribution in [0.3, 0.4) is 0 Å². The van der Waals surface area contributed by atoms with E-state index in [1.165, 1.54) is 6.92 Å². The highest BCUT2D eigenvalue weighted by Gasteiger charge is 2.28. The summed E-state index contributed by atoms with van der Waals surface area (Å²) in [6.07, 6.45) is 8.19. The van der Waals surface area contributed by atoms with Gasteiger partial charge in [0.1, 0.15) is 17.5 Å². The third kappa shape index (κ3) is 1.73. The molecule has 4 nitrogen and oxygen atoms in total. The third-order valence-corrected chi connectivity index (χ3v) is 4.50. The van der Waals surface area contributed by atoms with Gasteiger partial charge in [-0.1, -0.05) is 12.1 Å². The number of hydrogen-bond acceptors (Lipinski definition) is 3. The second kappa shape index (κ2) is 4.63. The highest BCUT2D eigenvalue weighted by Crippen LogP contribution is 2.36.